The molecule has 1 N–H and O–H groups in total. The third-order valence-electron chi connectivity index (χ3n) is 3.17. The predicted octanol–water partition coefficient (Wildman–Crippen LogP) is 1.82. The van der Waals surface area contributed by atoms with Crippen molar-refractivity contribution >= 4 is 16.7 Å². The smallest absolute Gasteiger partial charge is 0.342 e. The molecular formula is C14H15NO4. The van der Waals surface area contributed by atoms with Gasteiger partial charge in [-0.2, -0.15) is 0 Å². The summed E-state index contributed by atoms with van der Waals surface area (Å²) in [6, 6.07) is 4.82. The van der Waals surface area contributed by atoms with E-state index in [9.17, 15) is 14.7 Å². The lowest BCUT2D eigenvalue weighted by Crippen LogP contribution is -2.23. The van der Waals surface area contributed by atoms with Crippen LogP contribution in [-0.4, -0.2) is 22.8 Å². The van der Waals surface area contributed by atoms with E-state index in [2.05, 4.69) is 4.74 Å². The third kappa shape index (κ3) is 1.97. The zero-order chi connectivity index (χ0) is 14.2. The van der Waals surface area contributed by atoms with Gasteiger partial charge in [0.05, 0.1) is 12.5 Å². The molecule has 1 heterocycles. The number of ether oxygens (including phenoxy) is 1. The Morgan fingerprint density at radius 1 is 1.42 bits per heavy atom. The number of hydrogen-bond donors (Lipinski definition) is 1. The molecule has 0 spiro atoms. The maximum atomic E-state index is 12.4. The summed E-state index contributed by atoms with van der Waals surface area (Å²) in [7, 11) is 1.22. The summed E-state index contributed by atoms with van der Waals surface area (Å²) in [5.41, 5.74) is 0.433. The van der Waals surface area contributed by atoms with E-state index < -0.39 is 5.97 Å². The minimum Gasteiger partial charge on any atom is -0.507 e. The van der Waals surface area contributed by atoms with Gasteiger partial charge in [0.1, 0.15) is 11.3 Å². The van der Waals surface area contributed by atoms with Gasteiger partial charge in [-0.05, 0) is 31.4 Å². The molecule has 0 saturated heterocycles. The minimum atomic E-state index is -0.716. The number of phenols is 1. The Morgan fingerprint density at radius 3 is 2.68 bits per heavy atom. The van der Waals surface area contributed by atoms with Crippen LogP contribution in [0, 0.1) is 6.92 Å². The second-order valence-electron chi connectivity index (χ2n) is 4.25. The molecule has 5 heteroatoms. The molecule has 0 bridgehead atoms. The predicted molar refractivity (Wildman–Crippen MR) is 71.6 cm³/mol. The molecule has 0 aliphatic carbocycles. The summed E-state index contributed by atoms with van der Waals surface area (Å²) in [4.78, 5) is 24.2. The molecule has 1 aromatic heterocycles. The van der Waals surface area contributed by atoms with E-state index in [0.29, 0.717) is 11.9 Å². The van der Waals surface area contributed by atoms with Crippen molar-refractivity contribution in [1.29, 1.82) is 0 Å². The fraction of sp³-hybridized carbons (Fsp3) is 0.286. The topological polar surface area (TPSA) is 68.5 Å². The first-order chi connectivity index (χ1) is 9.01. The molecule has 0 amide bonds. The van der Waals surface area contributed by atoms with E-state index in [4.69, 9.17) is 0 Å². The molecule has 2 aromatic rings. The number of fused-ring (bicyclic) bond motifs is 1. The van der Waals surface area contributed by atoms with Crippen LogP contribution in [0.3, 0.4) is 0 Å². The molecule has 0 saturated carbocycles. The Balaban J connectivity index is 2.99. The van der Waals surface area contributed by atoms with Gasteiger partial charge < -0.3 is 14.4 Å². The lowest BCUT2D eigenvalue weighted by Gasteiger charge is -2.12. The van der Waals surface area contributed by atoms with Crippen molar-refractivity contribution in [2.75, 3.05) is 7.11 Å². The van der Waals surface area contributed by atoms with Crippen LogP contribution in [0.15, 0.2) is 23.0 Å². The Labute approximate surface area is 110 Å². The first kappa shape index (κ1) is 13.1. The molecule has 0 fully saturated rings. The number of carbonyl (C=O) groups excluding carboxylic acids is 1. The average molecular weight is 261 g/mol. The zero-order valence-electron chi connectivity index (χ0n) is 11.1. The molecule has 2 rings (SSSR count). The molecule has 5 nitrogen and oxygen atoms in total. The van der Waals surface area contributed by atoms with Gasteiger partial charge in [-0.15, -0.1) is 0 Å². The Bertz CT molecular complexity index is 715. The minimum absolute atomic E-state index is 0.0767. The average Bonchev–Trinajstić information content (AvgIpc) is 2.39. The molecular weight excluding hydrogens is 246 g/mol. The highest BCUT2D eigenvalue weighted by molar-refractivity contribution is 6.06. The van der Waals surface area contributed by atoms with Crippen LogP contribution in [-0.2, 0) is 11.3 Å². The number of carbonyl (C=O) groups is 1. The zero-order valence-corrected chi connectivity index (χ0v) is 11.1. The number of aromatic nitrogens is 1. The van der Waals surface area contributed by atoms with Gasteiger partial charge in [-0.3, -0.25) is 4.79 Å². The summed E-state index contributed by atoms with van der Waals surface area (Å²) in [6.07, 6.45) is 0. The highest BCUT2D eigenvalue weighted by Gasteiger charge is 2.19. The number of pyridine rings is 1. The van der Waals surface area contributed by atoms with Crippen LogP contribution < -0.4 is 5.56 Å². The van der Waals surface area contributed by atoms with Crippen LogP contribution in [0.5, 0.6) is 5.75 Å². The fourth-order valence-corrected chi connectivity index (χ4v) is 2.26. The normalized spacial score (nSPS) is 10.7. The van der Waals surface area contributed by atoms with Crippen molar-refractivity contribution in [3.05, 3.63) is 39.8 Å². The van der Waals surface area contributed by atoms with Gasteiger partial charge in [0, 0.05) is 12.2 Å². The molecule has 0 aliphatic heterocycles. The second-order valence-corrected chi connectivity index (χ2v) is 4.25. The highest BCUT2D eigenvalue weighted by atomic mass is 16.5. The number of nitrogens with zero attached hydrogens (tertiary/aromatic N) is 1. The largest absolute Gasteiger partial charge is 0.507 e. The van der Waals surface area contributed by atoms with Gasteiger partial charge in [-0.25, -0.2) is 4.79 Å². The molecule has 1 aromatic carbocycles. The molecule has 0 radical (unpaired) electrons. The first-order valence-electron chi connectivity index (χ1n) is 5.95. The number of aryl methyl sites for hydroxylation is 1. The van der Waals surface area contributed by atoms with Crippen LogP contribution in [0.4, 0.5) is 0 Å². The van der Waals surface area contributed by atoms with E-state index in [-0.39, 0.29) is 22.3 Å². The summed E-state index contributed by atoms with van der Waals surface area (Å²) in [6.45, 7) is 4.17. The van der Waals surface area contributed by atoms with Gasteiger partial charge in [0.2, 0.25) is 0 Å². The number of hydrogen-bond acceptors (Lipinski definition) is 4. The van der Waals surface area contributed by atoms with Crippen LogP contribution >= 0.6 is 0 Å². The van der Waals surface area contributed by atoms with Crippen molar-refractivity contribution in [2.24, 2.45) is 0 Å². The van der Waals surface area contributed by atoms with Gasteiger partial charge in [0.15, 0.2) is 0 Å². The molecule has 0 atom stereocenters. The van der Waals surface area contributed by atoms with Crippen molar-refractivity contribution in [2.45, 2.75) is 20.4 Å². The number of aromatic hydroxyl groups is 1. The number of rotatable bonds is 2. The van der Waals surface area contributed by atoms with Crippen molar-refractivity contribution in [3.63, 3.8) is 0 Å². The fourth-order valence-electron chi connectivity index (χ4n) is 2.26. The van der Waals surface area contributed by atoms with E-state index in [1.165, 1.54) is 13.2 Å². The van der Waals surface area contributed by atoms with E-state index in [1.54, 1.807) is 10.6 Å². The Morgan fingerprint density at radius 2 is 2.11 bits per heavy atom. The van der Waals surface area contributed by atoms with E-state index >= 15 is 0 Å². The lowest BCUT2D eigenvalue weighted by molar-refractivity contribution is 0.0599. The number of phenolic OH excluding ortho intramolecular Hbond substituents is 1. The first-order valence-corrected chi connectivity index (χ1v) is 5.95. The highest BCUT2D eigenvalue weighted by Crippen LogP contribution is 2.26. The molecule has 100 valence electrons. The summed E-state index contributed by atoms with van der Waals surface area (Å²) in [5.74, 6) is -0.963. The Hall–Kier alpha value is -2.30. The summed E-state index contributed by atoms with van der Waals surface area (Å²) in [5, 5.41) is 10.6. The second kappa shape index (κ2) is 4.76. The Kier molecular flexibility index (Phi) is 3.29. The van der Waals surface area contributed by atoms with Crippen LogP contribution in [0.1, 0.15) is 23.0 Å². The van der Waals surface area contributed by atoms with E-state index in [0.717, 1.165) is 5.69 Å². The number of esters is 1. The van der Waals surface area contributed by atoms with Crippen LogP contribution in [0.2, 0.25) is 0 Å². The molecule has 0 aliphatic rings. The van der Waals surface area contributed by atoms with Gasteiger partial charge in [-0.1, -0.05) is 6.07 Å². The monoisotopic (exact) mass is 261 g/mol. The third-order valence-corrected chi connectivity index (χ3v) is 3.17. The number of methoxy groups -OCH3 is 1. The van der Waals surface area contributed by atoms with Crippen molar-refractivity contribution < 1.29 is 14.6 Å². The van der Waals surface area contributed by atoms with Gasteiger partial charge in [0.25, 0.3) is 5.56 Å². The summed E-state index contributed by atoms with van der Waals surface area (Å²) < 4.78 is 6.19. The van der Waals surface area contributed by atoms with Gasteiger partial charge >= 0.3 is 5.97 Å². The molecule has 0 unspecified atom stereocenters. The SMILES string of the molecule is CCn1c(C)cc2ccc(O)c(C(=O)OC)c2c1=O. The quantitative estimate of drug-likeness (QED) is 0.837. The maximum absolute atomic E-state index is 12.4. The number of benzene rings is 1. The van der Waals surface area contributed by atoms with Crippen LogP contribution in [0.25, 0.3) is 10.8 Å². The van der Waals surface area contributed by atoms with E-state index in [1.807, 2.05) is 19.9 Å². The maximum Gasteiger partial charge on any atom is 0.342 e. The van der Waals surface area contributed by atoms with Crippen molar-refractivity contribution in [1.82, 2.24) is 4.57 Å². The molecule has 19 heavy (non-hydrogen) atoms. The lowest BCUT2D eigenvalue weighted by atomic mass is 10.0. The van der Waals surface area contributed by atoms with Crippen molar-refractivity contribution in [3.8, 4) is 5.75 Å². The standard InChI is InChI=1S/C14H15NO4/c1-4-15-8(2)7-9-5-6-10(16)12(14(18)19-3)11(9)13(15)17/h5-7,16H,4H2,1-3H3. The summed E-state index contributed by atoms with van der Waals surface area (Å²) >= 11 is 0.